The lowest BCUT2D eigenvalue weighted by Crippen LogP contribution is -2.67. The number of rotatable bonds is 4. The van der Waals surface area contributed by atoms with Gasteiger partial charge in [-0.15, -0.1) is 0 Å². The number of carbonyl (C=O) groups is 3. The Labute approximate surface area is 164 Å². The average molecular weight is 429 g/mol. The lowest BCUT2D eigenvalue weighted by molar-refractivity contribution is -0.151. The monoisotopic (exact) mass is 428 g/mol. The molecule has 6 nitrogen and oxygen atoms in total. The zero-order chi connectivity index (χ0) is 19.1. The van der Waals surface area contributed by atoms with Crippen molar-refractivity contribution in [1.29, 1.82) is 0 Å². The topological polar surface area (TPSA) is 66.9 Å². The molecule has 4 rings (SSSR count). The predicted molar refractivity (Wildman–Crippen MR) is 102 cm³/mol. The number of hydrogen-bond donors (Lipinski definition) is 0. The van der Waals surface area contributed by atoms with Gasteiger partial charge in [0.15, 0.2) is 0 Å². The van der Waals surface area contributed by atoms with Crippen LogP contribution in [0.15, 0.2) is 53.0 Å². The van der Waals surface area contributed by atoms with E-state index >= 15 is 0 Å². The number of benzene rings is 2. The molecule has 2 saturated heterocycles. The van der Waals surface area contributed by atoms with Crippen molar-refractivity contribution in [3.05, 3.63) is 58.6 Å². The lowest BCUT2D eigenvalue weighted by atomic mass is 9.86. The molecule has 7 heteroatoms. The van der Waals surface area contributed by atoms with E-state index in [1.807, 2.05) is 24.3 Å². The van der Waals surface area contributed by atoms with Crippen molar-refractivity contribution in [2.75, 3.05) is 12.0 Å². The Morgan fingerprint density at radius 3 is 2.00 bits per heavy atom. The van der Waals surface area contributed by atoms with Gasteiger partial charge in [0.25, 0.3) is 5.91 Å². The molecule has 0 aromatic heterocycles. The van der Waals surface area contributed by atoms with E-state index in [0.29, 0.717) is 11.4 Å². The molecule has 2 aromatic rings. The highest BCUT2D eigenvalue weighted by Gasteiger charge is 2.56. The maximum absolute atomic E-state index is 13.0. The Hall–Kier alpha value is -2.67. The number of methoxy groups -OCH3 is 1. The molecule has 2 aliphatic rings. The minimum absolute atomic E-state index is 0.165. The molecule has 0 radical (unpaired) electrons. The van der Waals surface area contributed by atoms with Gasteiger partial charge in [0.1, 0.15) is 11.8 Å². The van der Waals surface area contributed by atoms with Crippen molar-refractivity contribution >= 4 is 39.3 Å². The maximum Gasteiger partial charge on any atom is 0.253 e. The van der Waals surface area contributed by atoms with E-state index in [1.165, 1.54) is 0 Å². The van der Waals surface area contributed by atoms with Crippen LogP contribution in [0.5, 0.6) is 5.75 Å². The second-order valence-electron chi connectivity index (χ2n) is 6.50. The van der Waals surface area contributed by atoms with E-state index in [2.05, 4.69) is 15.9 Å². The number of anilines is 1. The Morgan fingerprint density at radius 1 is 0.852 bits per heavy atom. The normalized spacial score (nSPS) is 22.2. The van der Waals surface area contributed by atoms with Gasteiger partial charge >= 0.3 is 0 Å². The van der Waals surface area contributed by atoms with Crippen molar-refractivity contribution in [3.63, 3.8) is 0 Å². The van der Waals surface area contributed by atoms with Crippen LogP contribution in [0.25, 0.3) is 0 Å². The number of β-lactam (4-membered cyclic amide) rings is 1. The Bertz CT molecular complexity index is 895. The number of imide groups is 1. The van der Waals surface area contributed by atoms with Gasteiger partial charge in [-0.3, -0.25) is 19.3 Å². The smallest absolute Gasteiger partial charge is 0.253 e. The Balaban J connectivity index is 1.74. The van der Waals surface area contributed by atoms with Crippen molar-refractivity contribution < 1.29 is 19.1 Å². The van der Waals surface area contributed by atoms with Crippen LogP contribution >= 0.6 is 15.9 Å². The molecule has 0 aliphatic carbocycles. The molecule has 3 amide bonds. The van der Waals surface area contributed by atoms with E-state index in [1.54, 1.807) is 36.3 Å². The summed E-state index contributed by atoms with van der Waals surface area (Å²) in [7, 11) is 1.58. The van der Waals surface area contributed by atoms with Crippen molar-refractivity contribution in [1.82, 2.24) is 4.90 Å². The van der Waals surface area contributed by atoms with Crippen LogP contribution in [0.2, 0.25) is 0 Å². The first-order valence-electron chi connectivity index (χ1n) is 8.59. The first-order valence-corrected chi connectivity index (χ1v) is 9.38. The fourth-order valence-corrected chi connectivity index (χ4v) is 3.92. The largest absolute Gasteiger partial charge is 0.497 e. The molecule has 2 fully saturated rings. The summed E-state index contributed by atoms with van der Waals surface area (Å²) in [6, 6.07) is 13.5. The first kappa shape index (κ1) is 17.7. The highest BCUT2D eigenvalue weighted by Crippen LogP contribution is 2.43. The zero-order valence-electron chi connectivity index (χ0n) is 14.6. The number of likely N-dealkylation sites (tertiary alicyclic amines) is 1. The third-order valence-corrected chi connectivity index (χ3v) is 5.53. The van der Waals surface area contributed by atoms with E-state index in [9.17, 15) is 14.4 Å². The van der Waals surface area contributed by atoms with Crippen LogP contribution < -0.4 is 9.64 Å². The molecular formula is C20H17BrN2O4. The molecule has 138 valence electrons. The Kier molecular flexibility index (Phi) is 4.47. The average Bonchev–Trinajstić information content (AvgIpc) is 3.00. The van der Waals surface area contributed by atoms with E-state index in [-0.39, 0.29) is 30.6 Å². The third kappa shape index (κ3) is 2.92. The molecule has 2 aromatic carbocycles. The van der Waals surface area contributed by atoms with Crippen molar-refractivity contribution in [2.24, 2.45) is 0 Å². The summed E-state index contributed by atoms with van der Waals surface area (Å²) in [6.07, 6.45) is 0.330. The molecule has 0 saturated carbocycles. The van der Waals surface area contributed by atoms with Crippen LogP contribution in [0, 0.1) is 0 Å². The van der Waals surface area contributed by atoms with Gasteiger partial charge in [-0.1, -0.05) is 28.1 Å². The highest BCUT2D eigenvalue weighted by molar-refractivity contribution is 9.10. The molecule has 0 unspecified atom stereocenters. The van der Waals surface area contributed by atoms with Crippen LogP contribution in [0.3, 0.4) is 0 Å². The summed E-state index contributed by atoms with van der Waals surface area (Å²) in [4.78, 5) is 40.2. The lowest BCUT2D eigenvalue weighted by Gasteiger charge is -2.49. The summed E-state index contributed by atoms with van der Waals surface area (Å²) in [5.41, 5.74) is 1.56. The molecule has 27 heavy (non-hydrogen) atoms. The summed E-state index contributed by atoms with van der Waals surface area (Å²) in [5.74, 6) is -0.130. The van der Waals surface area contributed by atoms with Gasteiger partial charge in [0, 0.05) is 23.0 Å². The summed E-state index contributed by atoms with van der Waals surface area (Å²) < 4.78 is 6.09. The second-order valence-corrected chi connectivity index (χ2v) is 7.42. The molecule has 0 bridgehead atoms. The number of carbonyl (C=O) groups excluding carboxylic acids is 3. The van der Waals surface area contributed by atoms with Crippen LogP contribution in [-0.2, 0) is 14.4 Å². The van der Waals surface area contributed by atoms with Crippen molar-refractivity contribution in [2.45, 2.75) is 24.9 Å². The van der Waals surface area contributed by atoms with Gasteiger partial charge in [0.05, 0.1) is 13.2 Å². The predicted octanol–water partition coefficient (Wildman–Crippen LogP) is 3.06. The van der Waals surface area contributed by atoms with Crippen molar-refractivity contribution in [3.8, 4) is 5.75 Å². The van der Waals surface area contributed by atoms with Crippen LogP contribution in [0.4, 0.5) is 5.69 Å². The minimum atomic E-state index is -0.796. The van der Waals surface area contributed by atoms with Gasteiger partial charge in [-0.2, -0.15) is 0 Å². The standard InChI is InChI=1S/C20H17BrN2O4/c1-27-15-8-6-14(7-9-15)22-18(12-2-4-13(21)5-3-12)19(20(22)26)23-16(24)10-11-17(23)25/h2-9,18-19H,10-11H2,1H3/t18-,19+/m0/s1. The van der Waals surface area contributed by atoms with Gasteiger partial charge in [-0.05, 0) is 42.0 Å². The maximum atomic E-state index is 13.0. The summed E-state index contributed by atoms with van der Waals surface area (Å²) in [6.45, 7) is 0. The molecule has 0 spiro atoms. The summed E-state index contributed by atoms with van der Waals surface area (Å²) in [5, 5.41) is 0. The van der Waals surface area contributed by atoms with Crippen LogP contribution in [-0.4, -0.2) is 35.8 Å². The van der Waals surface area contributed by atoms with Gasteiger partial charge in [-0.25, -0.2) is 0 Å². The molecular weight excluding hydrogens is 412 g/mol. The van der Waals surface area contributed by atoms with Crippen LogP contribution in [0.1, 0.15) is 24.4 Å². The molecule has 0 N–H and O–H groups in total. The number of hydrogen-bond acceptors (Lipinski definition) is 4. The number of ether oxygens (including phenoxy) is 1. The fraction of sp³-hybridized carbons (Fsp3) is 0.250. The SMILES string of the molecule is COc1ccc(N2C(=O)[C@H](N3C(=O)CCC3=O)[C@@H]2c2ccc(Br)cc2)cc1. The first-order chi connectivity index (χ1) is 13.0. The fourth-order valence-electron chi connectivity index (χ4n) is 3.65. The van der Waals surface area contributed by atoms with E-state index < -0.39 is 12.1 Å². The van der Waals surface area contributed by atoms with E-state index in [0.717, 1.165) is 14.9 Å². The molecule has 2 heterocycles. The number of nitrogens with zero attached hydrogens (tertiary/aromatic N) is 2. The summed E-state index contributed by atoms with van der Waals surface area (Å²) >= 11 is 3.41. The minimum Gasteiger partial charge on any atom is -0.497 e. The van der Waals surface area contributed by atoms with Gasteiger partial charge < -0.3 is 9.64 Å². The van der Waals surface area contributed by atoms with E-state index in [4.69, 9.17) is 4.74 Å². The quantitative estimate of drug-likeness (QED) is 0.554. The molecule has 2 aliphatic heterocycles. The Morgan fingerprint density at radius 2 is 1.44 bits per heavy atom. The number of halogens is 1. The highest BCUT2D eigenvalue weighted by atomic mass is 79.9. The number of amides is 3. The van der Waals surface area contributed by atoms with Gasteiger partial charge in [0.2, 0.25) is 11.8 Å². The second kappa shape index (κ2) is 6.81. The third-order valence-electron chi connectivity index (χ3n) is 5.00. The molecule has 2 atom stereocenters. The zero-order valence-corrected chi connectivity index (χ0v) is 16.2.